The van der Waals surface area contributed by atoms with E-state index in [1.165, 1.54) is 39.0 Å². The molecule has 0 atom stereocenters. The number of aryl methyl sites for hydroxylation is 3. The Bertz CT molecular complexity index is 778. The molecule has 0 aliphatic heterocycles. The molecule has 1 aliphatic carbocycles. The summed E-state index contributed by atoms with van der Waals surface area (Å²) in [5.74, 6) is 0. The summed E-state index contributed by atoms with van der Waals surface area (Å²) in [5, 5.41) is 0. The Morgan fingerprint density at radius 1 is 0.773 bits per heavy atom. The van der Waals surface area contributed by atoms with Gasteiger partial charge in [-0.15, -0.1) is 5.47 Å². The molecule has 0 saturated carbocycles. The number of benzene rings is 2. The van der Waals surface area contributed by atoms with E-state index in [0.29, 0.717) is 0 Å². The zero-order valence-corrected chi connectivity index (χ0v) is 13.6. The van der Waals surface area contributed by atoms with E-state index in [2.05, 4.69) is 63.2 Å². The first-order valence-corrected chi connectivity index (χ1v) is 7.88. The van der Waals surface area contributed by atoms with E-state index in [-0.39, 0.29) is 0 Å². The third-order valence-electron chi connectivity index (χ3n) is 4.47. The second kappa shape index (κ2) is 6.00. The monoisotopic (exact) mass is 284 g/mol. The standard InChI is InChI=1S/C21H21B/c1-14-4-5-15(2)20(12-14)21-13-18(7-6-16(21)3)17-8-10-19(22)11-9-17/h4-8,10,12-13H,9,11H2,1-3H3. The molecule has 0 heterocycles. The molecular formula is C21H21B. The highest BCUT2D eigenvalue weighted by molar-refractivity contribution is 6.22. The van der Waals surface area contributed by atoms with Crippen molar-refractivity contribution in [1.29, 1.82) is 0 Å². The van der Waals surface area contributed by atoms with Crippen LogP contribution in [0.4, 0.5) is 0 Å². The Morgan fingerprint density at radius 3 is 2.14 bits per heavy atom. The fraction of sp³-hybridized carbons (Fsp3) is 0.238. The second-order valence-electron chi connectivity index (χ2n) is 6.28. The van der Waals surface area contributed by atoms with Gasteiger partial charge in [0.1, 0.15) is 7.85 Å². The van der Waals surface area contributed by atoms with Gasteiger partial charge in [0, 0.05) is 0 Å². The minimum atomic E-state index is 0.957. The molecule has 0 spiro atoms. The molecule has 22 heavy (non-hydrogen) atoms. The first-order valence-electron chi connectivity index (χ1n) is 7.88. The quantitative estimate of drug-likeness (QED) is 0.638. The largest absolute Gasteiger partial charge is 0.117 e. The maximum absolute atomic E-state index is 5.87. The summed E-state index contributed by atoms with van der Waals surface area (Å²) in [6, 6.07) is 13.5. The molecule has 108 valence electrons. The smallest absolute Gasteiger partial charge is 0.107 e. The number of hydrogen-bond donors (Lipinski definition) is 0. The molecule has 0 nitrogen and oxygen atoms in total. The van der Waals surface area contributed by atoms with Gasteiger partial charge in [-0.3, -0.25) is 0 Å². The molecule has 0 amide bonds. The van der Waals surface area contributed by atoms with Gasteiger partial charge in [0.25, 0.3) is 0 Å². The molecule has 1 heteroatoms. The van der Waals surface area contributed by atoms with Crippen LogP contribution in [0.25, 0.3) is 16.7 Å². The Morgan fingerprint density at radius 2 is 1.45 bits per heavy atom. The fourth-order valence-corrected chi connectivity index (χ4v) is 3.03. The first kappa shape index (κ1) is 14.9. The van der Waals surface area contributed by atoms with Crippen molar-refractivity contribution in [3.8, 4) is 11.1 Å². The van der Waals surface area contributed by atoms with Crippen LogP contribution in [-0.4, -0.2) is 7.85 Å². The van der Waals surface area contributed by atoms with Gasteiger partial charge in [-0.05, 0) is 73.1 Å². The maximum atomic E-state index is 5.87. The van der Waals surface area contributed by atoms with E-state index < -0.39 is 0 Å². The van der Waals surface area contributed by atoms with Crippen LogP contribution in [0.5, 0.6) is 0 Å². The van der Waals surface area contributed by atoms with E-state index in [1.54, 1.807) is 0 Å². The van der Waals surface area contributed by atoms with Crippen LogP contribution in [0, 0.1) is 20.8 Å². The summed E-state index contributed by atoms with van der Waals surface area (Å²) in [6.07, 6.45) is 6.18. The zero-order valence-electron chi connectivity index (χ0n) is 13.6. The van der Waals surface area contributed by atoms with Crippen molar-refractivity contribution >= 4 is 13.4 Å². The lowest BCUT2D eigenvalue weighted by Crippen LogP contribution is -1.95. The molecule has 0 saturated heterocycles. The van der Waals surface area contributed by atoms with Crippen molar-refractivity contribution in [3.63, 3.8) is 0 Å². The van der Waals surface area contributed by atoms with Crippen LogP contribution in [0.2, 0.25) is 0 Å². The molecule has 2 aromatic rings. The van der Waals surface area contributed by atoms with E-state index in [1.807, 2.05) is 6.08 Å². The van der Waals surface area contributed by atoms with Crippen molar-refractivity contribution < 1.29 is 0 Å². The van der Waals surface area contributed by atoms with Crippen molar-refractivity contribution in [2.45, 2.75) is 33.6 Å². The lowest BCUT2D eigenvalue weighted by Gasteiger charge is -2.16. The highest BCUT2D eigenvalue weighted by Crippen LogP contribution is 2.33. The molecule has 0 bridgehead atoms. The molecule has 2 radical (unpaired) electrons. The van der Waals surface area contributed by atoms with Crippen LogP contribution in [0.1, 0.15) is 35.1 Å². The van der Waals surface area contributed by atoms with Crippen LogP contribution >= 0.6 is 0 Å². The van der Waals surface area contributed by atoms with Crippen molar-refractivity contribution in [2.75, 3.05) is 0 Å². The number of hydrogen-bond acceptors (Lipinski definition) is 0. The van der Waals surface area contributed by atoms with Crippen LogP contribution in [0.15, 0.2) is 54.0 Å². The summed E-state index contributed by atoms with van der Waals surface area (Å²) < 4.78 is 0. The highest BCUT2D eigenvalue weighted by atomic mass is 14.1. The third-order valence-corrected chi connectivity index (χ3v) is 4.47. The van der Waals surface area contributed by atoms with Crippen LogP contribution < -0.4 is 0 Å². The molecule has 3 rings (SSSR count). The second-order valence-corrected chi connectivity index (χ2v) is 6.28. The maximum Gasteiger partial charge on any atom is 0.107 e. The van der Waals surface area contributed by atoms with Gasteiger partial charge in [0.2, 0.25) is 0 Å². The highest BCUT2D eigenvalue weighted by Gasteiger charge is 2.10. The summed E-state index contributed by atoms with van der Waals surface area (Å²) in [5.41, 5.74) is 10.3. The molecule has 0 N–H and O–H groups in total. The summed E-state index contributed by atoms with van der Waals surface area (Å²) in [4.78, 5) is 0. The summed E-state index contributed by atoms with van der Waals surface area (Å²) in [6.45, 7) is 6.53. The topological polar surface area (TPSA) is 0 Å². The molecule has 1 aliphatic rings. The van der Waals surface area contributed by atoms with Crippen molar-refractivity contribution in [2.24, 2.45) is 0 Å². The predicted octanol–water partition coefficient (Wildman–Crippen LogP) is 5.51. The van der Waals surface area contributed by atoms with E-state index in [9.17, 15) is 0 Å². The third kappa shape index (κ3) is 2.94. The normalized spacial score (nSPS) is 14.5. The Balaban J connectivity index is 2.10. The molecule has 0 aromatic heterocycles. The SMILES string of the molecule is [B]C1=CC=C(c2ccc(C)c(-c3cc(C)ccc3C)c2)CC1. The molecule has 0 fully saturated rings. The Hall–Kier alpha value is -2.02. The molecule has 2 aromatic carbocycles. The van der Waals surface area contributed by atoms with Gasteiger partial charge in [-0.25, -0.2) is 0 Å². The van der Waals surface area contributed by atoms with E-state index in [4.69, 9.17) is 7.85 Å². The van der Waals surface area contributed by atoms with Gasteiger partial charge >= 0.3 is 0 Å². The Kier molecular flexibility index (Phi) is 4.07. The molecule has 0 unspecified atom stereocenters. The average molecular weight is 284 g/mol. The minimum absolute atomic E-state index is 0.957. The predicted molar refractivity (Wildman–Crippen MR) is 97.1 cm³/mol. The fourth-order valence-electron chi connectivity index (χ4n) is 3.03. The van der Waals surface area contributed by atoms with Gasteiger partial charge in [-0.1, -0.05) is 48.0 Å². The van der Waals surface area contributed by atoms with Gasteiger partial charge < -0.3 is 0 Å². The van der Waals surface area contributed by atoms with Crippen molar-refractivity contribution in [1.82, 2.24) is 0 Å². The average Bonchev–Trinajstić information content (AvgIpc) is 2.51. The van der Waals surface area contributed by atoms with Gasteiger partial charge in [-0.2, -0.15) is 0 Å². The van der Waals surface area contributed by atoms with Crippen LogP contribution in [0.3, 0.4) is 0 Å². The number of allylic oxidation sites excluding steroid dienone is 4. The van der Waals surface area contributed by atoms with Crippen LogP contribution in [-0.2, 0) is 0 Å². The first-order chi connectivity index (χ1) is 10.5. The Labute approximate surface area is 135 Å². The van der Waals surface area contributed by atoms with E-state index in [0.717, 1.165) is 18.3 Å². The zero-order chi connectivity index (χ0) is 15.7. The van der Waals surface area contributed by atoms with Crippen molar-refractivity contribution in [3.05, 3.63) is 76.3 Å². The summed E-state index contributed by atoms with van der Waals surface area (Å²) >= 11 is 0. The van der Waals surface area contributed by atoms with Gasteiger partial charge in [0.15, 0.2) is 0 Å². The lowest BCUT2D eigenvalue weighted by atomic mass is 9.83. The summed E-state index contributed by atoms with van der Waals surface area (Å²) in [7, 11) is 5.87. The lowest BCUT2D eigenvalue weighted by molar-refractivity contribution is 1.03. The number of rotatable bonds is 2. The van der Waals surface area contributed by atoms with Gasteiger partial charge in [0.05, 0.1) is 0 Å². The van der Waals surface area contributed by atoms with E-state index >= 15 is 0 Å². The molecular weight excluding hydrogens is 263 g/mol. The minimum Gasteiger partial charge on any atom is -0.117 e.